The average Bonchev–Trinajstić information content (AvgIpc) is 3.98. The summed E-state index contributed by atoms with van der Waals surface area (Å²) in [6.45, 7) is 2.37. The predicted molar refractivity (Wildman–Crippen MR) is 209 cm³/mol. The molecular formula is C44H37FeN3P2+2. The molecule has 3 nitrogen and oxygen atoms in total. The van der Waals surface area contributed by atoms with Gasteiger partial charge in [0, 0.05) is 19.4 Å². The van der Waals surface area contributed by atoms with Crippen molar-refractivity contribution >= 4 is 42.5 Å². The second kappa shape index (κ2) is 18.2. The Kier molecular flexibility index (Phi) is 13.3. The fraction of sp³-hybridized carbons (Fsp3) is 0.0455. The molecule has 244 valence electrons. The quantitative estimate of drug-likeness (QED) is 0.113. The largest absolute Gasteiger partial charge is 2.00 e. The maximum Gasteiger partial charge on any atom is 2.00 e. The van der Waals surface area contributed by atoms with Crippen molar-refractivity contribution in [3.05, 3.63) is 215 Å². The summed E-state index contributed by atoms with van der Waals surface area (Å²) in [5, 5.41) is 15.1. The van der Waals surface area contributed by atoms with Gasteiger partial charge >= 0.3 is 17.1 Å². The maximum absolute atomic E-state index is 4.94. The molecule has 0 saturated heterocycles. The molecule has 0 unspecified atom stereocenters. The summed E-state index contributed by atoms with van der Waals surface area (Å²) in [5.41, 5.74) is 3.38. The van der Waals surface area contributed by atoms with Crippen LogP contribution in [0.5, 0.6) is 0 Å². The third kappa shape index (κ3) is 8.39. The number of aromatic nitrogens is 3. The molecule has 2 aliphatic carbocycles. The van der Waals surface area contributed by atoms with Gasteiger partial charge in [-0.1, -0.05) is 164 Å². The average molecular weight is 726 g/mol. The van der Waals surface area contributed by atoms with Gasteiger partial charge in [0.05, 0.1) is 5.44 Å². The van der Waals surface area contributed by atoms with Crippen LogP contribution in [0.25, 0.3) is 11.3 Å². The van der Waals surface area contributed by atoms with Crippen molar-refractivity contribution in [2.75, 3.05) is 0 Å². The Bertz CT molecular complexity index is 1760. The zero-order valence-electron chi connectivity index (χ0n) is 27.7. The van der Waals surface area contributed by atoms with Crippen LogP contribution in [0.2, 0.25) is 0 Å². The van der Waals surface area contributed by atoms with Gasteiger partial charge in [0.2, 0.25) is 0 Å². The standard InChI is InChI=1S/C39H32N3P2.C5H5.Fe/c1-30(43(32-20-9-3-10-21-32)33-22-11-4-12-23-33)36-28-17-29-37(36)42-39(38(40-41-42)31-18-7-2-8-19-31)44(34-24-13-5-14-25-34)35-26-15-6-16-27-35;1-2-4-5-3-1;/h2-30H,1H3;1-5H;/q;;+2/t30-;;/m1../s1. The van der Waals surface area contributed by atoms with Gasteiger partial charge in [-0.3, -0.25) is 0 Å². The van der Waals surface area contributed by atoms with Crippen LogP contribution in [-0.4, -0.2) is 20.7 Å². The molecule has 0 amide bonds. The molecule has 2 saturated carbocycles. The molecule has 6 heteroatoms. The fourth-order valence-electron chi connectivity index (χ4n) is 6.17. The Labute approximate surface area is 311 Å². The molecule has 1 heterocycles. The van der Waals surface area contributed by atoms with Gasteiger partial charge in [0.1, 0.15) is 11.7 Å². The van der Waals surface area contributed by atoms with E-state index in [-0.39, 0.29) is 22.7 Å². The fourth-order valence-corrected chi connectivity index (χ4v) is 11.3. The van der Waals surface area contributed by atoms with Crippen LogP contribution in [0.1, 0.15) is 6.92 Å². The number of rotatable bonds is 9. The summed E-state index contributed by atoms with van der Waals surface area (Å²) in [4.78, 5) is 0. The normalized spacial score (nSPS) is 15.4. The van der Waals surface area contributed by atoms with E-state index in [4.69, 9.17) is 10.3 Å². The molecule has 0 aliphatic heterocycles. The van der Waals surface area contributed by atoms with Crippen LogP contribution >= 0.6 is 15.8 Å². The number of hydrogen-bond donors (Lipinski definition) is 0. The van der Waals surface area contributed by atoms with Crippen LogP contribution in [0, 0.1) is 63.3 Å². The van der Waals surface area contributed by atoms with E-state index in [1.54, 1.807) is 0 Å². The van der Waals surface area contributed by atoms with Crippen molar-refractivity contribution in [3.63, 3.8) is 0 Å². The molecule has 50 heavy (non-hydrogen) atoms. The topological polar surface area (TPSA) is 30.7 Å². The van der Waals surface area contributed by atoms with Gasteiger partial charge < -0.3 is 0 Å². The van der Waals surface area contributed by atoms with E-state index in [1.165, 1.54) is 27.1 Å². The van der Waals surface area contributed by atoms with Crippen molar-refractivity contribution in [3.8, 4) is 11.3 Å². The van der Waals surface area contributed by atoms with Gasteiger partial charge in [0.25, 0.3) is 0 Å². The SMILES string of the molecule is C[C@H]([C]1[CH][CH][CH][C]1n1nnc(-c2ccccc2)c1P(c1ccccc1)c1ccccc1)P(c1ccccc1)c1ccccc1.[CH]1[CH][CH][CH][CH]1.[Fe+2]. The zero-order valence-corrected chi connectivity index (χ0v) is 30.6. The molecular weight excluding hydrogens is 688 g/mol. The minimum Gasteiger partial charge on any atom is -0.234 e. The minimum absolute atomic E-state index is 0. The van der Waals surface area contributed by atoms with E-state index >= 15 is 0 Å². The van der Waals surface area contributed by atoms with Crippen molar-refractivity contribution in [2.45, 2.75) is 12.6 Å². The molecule has 1 aromatic heterocycles. The molecule has 5 aromatic carbocycles. The van der Waals surface area contributed by atoms with Gasteiger partial charge in [-0.05, 0) is 86.2 Å². The summed E-state index contributed by atoms with van der Waals surface area (Å²) in [6.07, 6.45) is 16.7. The zero-order chi connectivity index (χ0) is 33.3. The first-order chi connectivity index (χ1) is 24.3. The Hall–Kier alpha value is -3.38. The van der Waals surface area contributed by atoms with Crippen LogP contribution in [-0.2, 0) is 17.1 Å². The van der Waals surface area contributed by atoms with E-state index in [9.17, 15) is 0 Å². The van der Waals surface area contributed by atoms with Gasteiger partial charge in [-0.2, -0.15) is 0 Å². The minimum atomic E-state index is -0.970. The number of benzene rings is 5. The summed E-state index contributed by atoms with van der Waals surface area (Å²) < 4.78 is 2.14. The molecule has 6 aromatic rings. The van der Waals surface area contributed by atoms with Crippen LogP contribution in [0.15, 0.2) is 152 Å². The summed E-state index contributed by atoms with van der Waals surface area (Å²) >= 11 is 0. The predicted octanol–water partition coefficient (Wildman–Crippen LogP) is 7.82. The molecule has 0 spiro atoms. The van der Waals surface area contributed by atoms with Gasteiger partial charge in [0.15, 0.2) is 0 Å². The smallest absolute Gasteiger partial charge is 0.234 e. The van der Waals surface area contributed by atoms with Gasteiger partial charge in [-0.15, -0.1) is 5.10 Å². The summed E-state index contributed by atoms with van der Waals surface area (Å²) in [7, 11) is -1.65. The Morgan fingerprint density at radius 3 is 1.38 bits per heavy atom. The van der Waals surface area contributed by atoms with Crippen molar-refractivity contribution in [2.24, 2.45) is 0 Å². The third-order valence-electron chi connectivity index (χ3n) is 8.45. The van der Waals surface area contributed by atoms with Crippen molar-refractivity contribution in [1.82, 2.24) is 15.0 Å². The first-order valence-corrected chi connectivity index (χ1v) is 19.3. The van der Waals surface area contributed by atoms with Crippen molar-refractivity contribution in [1.29, 1.82) is 0 Å². The Morgan fingerprint density at radius 2 is 0.920 bits per heavy atom. The Morgan fingerprint density at radius 1 is 0.500 bits per heavy atom. The molecule has 10 radical (unpaired) electrons. The molecule has 2 fully saturated rings. The molecule has 8 rings (SSSR count). The van der Waals surface area contributed by atoms with Crippen molar-refractivity contribution < 1.29 is 17.1 Å². The monoisotopic (exact) mass is 725 g/mol. The first kappa shape index (κ1) is 36.4. The van der Waals surface area contributed by atoms with E-state index in [0.29, 0.717) is 0 Å². The van der Waals surface area contributed by atoms with E-state index in [1.807, 2.05) is 32.1 Å². The second-order valence-electron chi connectivity index (χ2n) is 11.6. The molecule has 1 atom stereocenters. The molecule has 0 N–H and O–H groups in total. The van der Waals surface area contributed by atoms with E-state index < -0.39 is 15.8 Å². The van der Waals surface area contributed by atoms with Crippen LogP contribution < -0.4 is 26.7 Å². The first-order valence-electron chi connectivity index (χ1n) is 16.5. The third-order valence-corrected chi connectivity index (χ3v) is 13.7. The summed E-state index contributed by atoms with van der Waals surface area (Å²) in [6, 6.07) is 55.2. The Balaban J connectivity index is 0.000000663. The maximum atomic E-state index is 4.94. The van der Waals surface area contributed by atoms with E-state index in [0.717, 1.165) is 22.7 Å². The van der Waals surface area contributed by atoms with E-state index in [2.05, 4.69) is 183 Å². The second-order valence-corrected chi connectivity index (χ2v) is 16.3. The van der Waals surface area contributed by atoms with Crippen LogP contribution in [0.3, 0.4) is 0 Å². The molecule has 0 bridgehead atoms. The van der Waals surface area contributed by atoms with Crippen LogP contribution in [0.4, 0.5) is 0 Å². The molecule has 2 aliphatic rings. The summed E-state index contributed by atoms with van der Waals surface area (Å²) in [5.74, 6) is 1.28. The van der Waals surface area contributed by atoms with Gasteiger partial charge in [-0.25, -0.2) is 4.68 Å². The number of nitrogens with zero attached hydrogens (tertiary/aromatic N) is 3. The number of hydrogen-bond acceptors (Lipinski definition) is 2.